The van der Waals surface area contributed by atoms with Crippen LogP contribution in [0.3, 0.4) is 0 Å². The quantitative estimate of drug-likeness (QED) is 0.613. The summed E-state index contributed by atoms with van der Waals surface area (Å²) in [5, 5.41) is 0. The van der Waals surface area contributed by atoms with E-state index in [4.69, 9.17) is 0 Å². The third kappa shape index (κ3) is 10.7. The largest absolute Gasteiger partial charge is 0.303 e. The molecule has 1 aliphatic rings. The van der Waals surface area contributed by atoms with Crippen molar-refractivity contribution >= 4 is 0 Å². The van der Waals surface area contributed by atoms with Crippen LogP contribution in [0.25, 0.3) is 0 Å². The lowest BCUT2D eigenvalue weighted by molar-refractivity contribution is 0.179. The molecule has 1 rings (SSSR count). The minimum absolute atomic E-state index is 1.30. The van der Waals surface area contributed by atoms with Crippen LogP contribution in [-0.2, 0) is 0 Å². The SMILES string of the molecule is CCCCN1CCCN(CCCC)CCCN(CCCC)CCC1. The van der Waals surface area contributed by atoms with Gasteiger partial charge in [-0.1, -0.05) is 40.0 Å². The van der Waals surface area contributed by atoms with Gasteiger partial charge in [0.25, 0.3) is 0 Å². The molecule has 24 heavy (non-hydrogen) atoms. The molecule has 0 spiro atoms. The molecule has 0 aromatic carbocycles. The van der Waals surface area contributed by atoms with Gasteiger partial charge in [-0.15, -0.1) is 0 Å². The van der Waals surface area contributed by atoms with Gasteiger partial charge in [-0.3, -0.25) is 0 Å². The van der Waals surface area contributed by atoms with Gasteiger partial charge in [-0.25, -0.2) is 0 Å². The van der Waals surface area contributed by atoms with Crippen LogP contribution in [0.15, 0.2) is 0 Å². The maximum atomic E-state index is 2.74. The van der Waals surface area contributed by atoms with E-state index in [1.54, 1.807) is 0 Å². The summed E-state index contributed by atoms with van der Waals surface area (Å²) in [7, 11) is 0. The van der Waals surface area contributed by atoms with Crippen molar-refractivity contribution in [2.45, 2.75) is 78.6 Å². The van der Waals surface area contributed by atoms with E-state index in [-0.39, 0.29) is 0 Å². The zero-order valence-corrected chi connectivity index (χ0v) is 17.1. The minimum Gasteiger partial charge on any atom is -0.303 e. The summed E-state index contributed by atoms with van der Waals surface area (Å²) in [5.41, 5.74) is 0. The lowest BCUT2D eigenvalue weighted by atomic mass is 10.2. The lowest BCUT2D eigenvalue weighted by Crippen LogP contribution is -2.37. The Labute approximate surface area is 152 Å². The first-order valence-corrected chi connectivity index (χ1v) is 11.0. The summed E-state index contributed by atoms with van der Waals surface area (Å²) in [4.78, 5) is 8.21. The third-order valence-corrected chi connectivity index (χ3v) is 5.33. The molecular weight excluding hydrogens is 294 g/mol. The van der Waals surface area contributed by atoms with Crippen molar-refractivity contribution in [3.05, 3.63) is 0 Å². The summed E-state index contributed by atoms with van der Waals surface area (Å²) in [6.45, 7) is 18.7. The molecule has 0 unspecified atom stereocenters. The fourth-order valence-electron chi connectivity index (χ4n) is 3.71. The highest BCUT2D eigenvalue weighted by Gasteiger charge is 2.12. The molecule has 1 fully saturated rings. The molecule has 0 aromatic heterocycles. The van der Waals surface area contributed by atoms with Crippen molar-refractivity contribution in [3.63, 3.8) is 0 Å². The summed E-state index contributed by atoms with van der Waals surface area (Å²) < 4.78 is 0. The van der Waals surface area contributed by atoms with Crippen LogP contribution >= 0.6 is 0 Å². The molecule has 0 aliphatic carbocycles. The van der Waals surface area contributed by atoms with Crippen LogP contribution in [0.1, 0.15) is 78.6 Å². The van der Waals surface area contributed by atoms with Gasteiger partial charge in [-0.05, 0) is 97.4 Å². The Bertz CT molecular complexity index is 215. The number of unbranched alkanes of at least 4 members (excludes halogenated alkanes) is 3. The maximum absolute atomic E-state index is 2.74. The lowest BCUT2D eigenvalue weighted by Gasteiger charge is -2.30. The number of hydrogen-bond donors (Lipinski definition) is 0. The van der Waals surface area contributed by atoms with E-state index >= 15 is 0 Å². The van der Waals surface area contributed by atoms with E-state index in [9.17, 15) is 0 Å². The number of nitrogens with zero attached hydrogens (tertiary/aromatic N) is 3. The van der Waals surface area contributed by atoms with Crippen molar-refractivity contribution < 1.29 is 0 Å². The summed E-state index contributed by atoms with van der Waals surface area (Å²) in [5.74, 6) is 0. The molecule has 0 amide bonds. The zero-order chi connectivity index (χ0) is 17.5. The van der Waals surface area contributed by atoms with Crippen molar-refractivity contribution in [1.82, 2.24) is 14.7 Å². The maximum Gasteiger partial charge on any atom is -0.000654 e. The molecule has 0 aromatic rings. The van der Waals surface area contributed by atoms with Crippen LogP contribution < -0.4 is 0 Å². The second-order valence-corrected chi connectivity index (χ2v) is 7.65. The standard InChI is InChI=1S/C21H45N3/c1-4-7-13-22-16-10-18-23(14-8-5-2)20-12-21-24(15-9-6-3)19-11-17-22/h4-21H2,1-3H3. The predicted octanol–water partition coefficient (Wildman–Crippen LogP) is 4.48. The van der Waals surface area contributed by atoms with Gasteiger partial charge in [0.15, 0.2) is 0 Å². The Morgan fingerprint density at radius 2 is 0.708 bits per heavy atom. The van der Waals surface area contributed by atoms with Crippen LogP contribution in [0.5, 0.6) is 0 Å². The van der Waals surface area contributed by atoms with Crippen LogP contribution in [-0.4, -0.2) is 73.6 Å². The Morgan fingerprint density at radius 3 is 0.917 bits per heavy atom. The topological polar surface area (TPSA) is 9.72 Å². The Kier molecular flexibility index (Phi) is 13.8. The summed E-state index contributed by atoms with van der Waals surface area (Å²) in [6.07, 6.45) is 12.1. The minimum atomic E-state index is 1.30. The summed E-state index contributed by atoms with van der Waals surface area (Å²) >= 11 is 0. The molecular formula is C21H45N3. The Morgan fingerprint density at radius 1 is 0.458 bits per heavy atom. The average Bonchev–Trinajstić information content (AvgIpc) is 2.59. The molecule has 0 bridgehead atoms. The molecule has 144 valence electrons. The highest BCUT2D eigenvalue weighted by Crippen LogP contribution is 2.07. The van der Waals surface area contributed by atoms with Gasteiger partial charge in [0.2, 0.25) is 0 Å². The molecule has 0 radical (unpaired) electrons. The van der Waals surface area contributed by atoms with E-state index in [1.807, 2.05) is 0 Å². The van der Waals surface area contributed by atoms with Crippen molar-refractivity contribution in [2.24, 2.45) is 0 Å². The van der Waals surface area contributed by atoms with Gasteiger partial charge in [-0.2, -0.15) is 0 Å². The summed E-state index contributed by atoms with van der Waals surface area (Å²) in [6, 6.07) is 0. The third-order valence-electron chi connectivity index (χ3n) is 5.33. The molecule has 3 nitrogen and oxygen atoms in total. The first-order valence-electron chi connectivity index (χ1n) is 11.0. The Balaban J connectivity index is 2.52. The van der Waals surface area contributed by atoms with Gasteiger partial charge in [0.1, 0.15) is 0 Å². The van der Waals surface area contributed by atoms with Gasteiger partial charge in [0.05, 0.1) is 0 Å². The van der Waals surface area contributed by atoms with E-state index in [0.29, 0.717) is 0 Å². The molecule has 1 heterocycles. The first-order chi connectivity index (χ1) is 11.8. The molecule has 0 saturated carbocycles. The van der Waals surface area contributed by atoms with E-state index in [2.05, 4.69) is 35.5 Å². The number of rotatable bonds is 9. The zero-order valence-electron chi connectivity index (χ0n) is 17.1. The first kappa shape index (κ1) is 21.9. The van der Waals surface area contributed by atoms with Crippen LogP contribution in [0.2, 0.25) is 0 Å². The van der Waals surface area contributed by atoms with Gasteiger partial charge < -0.3 is 14.7 Å². The normalized spacial score (nSPS) is 20.6. The number of hydrogen-bond acceptors (Lipinski definition) is 3. The van der Waals surface area contributed by atoms with Crippen molar-refractivity contribution in [3.8, 4) is 0 Å². The average molecular weight is 340 g/mol. The Hall–Kier alpha value is -0.120. The van der Waals surface area contributed by atoms with E-state index in [1.165, 1.54) is 117 Å². The van der Waals surface area contributed by atoms with Crippen LogP contribution in [0, 0.1) is 0 Å². The van der Waals surface area contributed by atoms with Gasteiger partial charge >= 0.3 is 0 Å². The fourth-order valence-corrected chi connectivity index (χ4v) is 3.71. The highest BCUT2D eigenvalue weighted by molar-refractivity contribution is 4.68. The monoisotopic (exact) mass is 339 g/mol. The molecule has 1 saturated heterocycles. The molecule has 0 atom stereocenters. The fraction of sp³-hybridized carbons (Fsp3) is 1.00. The smallest absolute Gasteiger partial charge is 0.000654 e. The highest BCUT2D eigenvalue weighted by atomic mass is 15.2. The second-order valence-electron chi connectivity index (χ2n) is 7.65. The van der Waals surface area contributed by atoms with Crippen molar-refractivity contribution in [2.75, 3.05) is 58.9 Å². The molecule has 1 aliphatic heterocycles. The van der Waals surface area contributed by atoms with E-state index in [0.717, 1.165) is 0 Å². The van der Waals surface area contributed by atoms with Crippen LogP contribution in [0.4, 0.5) is 0 Å². The van der Waals surface area contributed by atoms with Gasteiger partial charge in [0, 0.05) is 0 Å². The second kappa shape index (κ2) is 15.2. The van der Waals surface area contributed by atoms with Crippen molar-refractivity contribution in [1.29, 1.82) is 0 Å². The van der Waals surface area contributed by atoms with E-state index < -0.39 is 0 Å². The molecule has 0 N–H and O–H groups in total. The molecule has 3 heteroatoms. The predicted molar refractivity (Wildman–Crippen MR) is 108 cm³/mol.